The van der Waals surface area contributed by atoms with Crippen molar-refractivity contribution in [3.8, 4) is 0 Å². The van der Waals surface area contributed by atoms with Crippen LogP contribution in [-0.4, -0.2) is 23.8 Å². The molecule has 2 aliphatic rings. The molecule has 2 heteroatoms. The minimum atomic E-state index is -0.0308. The molecule has 4 atom stereocenters. The van der Waals surface area contributed by atoms with Crippen molar-refractivity contribution < 1.29 is 5.11 Å². The average Bonchev–Trinajstić information content (AvgIpc) is 2.45. The third kappa shape index (κ3) is 1.82. The molecule has 0 spiro atoms. The summed E-state index contributed by atoms with van der Waals surface area (Å²) in [5, 5.41) is 13.3. The lowest BCUT2D eigenvalue weighted by Crippen LogP contribution is -2.41. The molecule has 1 aliphatic carbocycles. The zero-order valence-corrected chi connectivity index (χ0v) is 9.59. The third-order valence-corrected chi connectivity index (χ3v) is 3.97. The minimum absolute atomic E-state index is 0.0308. The summed E-state index contributed by atoms with van der Waals surface area (Å²) in [5.41, 5.74) is 0.363. The Hall–Kier alpha value is -0.0800. The van der Waals surface area contributed by atoms with Gasteiger partial charge in [-0.05, 0) is 43.1 Å². The molecule has 2 nitrogen and oxygen atoms in total. The fraction of sp³-hybridized carbons (Fsp3) is 1.00. The Kier molecular flexibility index (Phi) is 2.61. The lowest BCUT2D eigenvalue weighted by molar-refractivity contribution is 0.0683. The molecule has 2 rings (SSSR count). The van der Waals surface area contributed by atoms with Gasteiger partial charge in [-0.3, -0.25) is 0 Å². The van der Waals surface area contributed by atoms with Crippen molar-refractivity contribution in [1.29, 1.82) is 0 Å². The maximum atomic E-state index is 9.62. The summed E-state index contributed by atoms with van der Waals surface area (Å²) in [7, 11) is 0. The van der Waals surface area contributed by atoms with E-state index in [1.807, 2.05) is 0 Å². The van der Waals surface area contributed by atoms with Crippen molar-refractivity contribution in [3.05, 3.63) is 0 Å². The van der Waals surface area contributed by atoms with Crippen molar-refractivity contribution in [2.45, 2.75) is 52.2 Å². The van der Waals surface area contributed by atoms with Crippen LogP contribution in [0.25, 0.3) is 0 Å². The topological polar surface area (TPSA) is 32.3 Å². The van der Waals surface area contributed by atoms with E-state index in [2.05, 4.69) is 26.1 Å². The van der Waals surface area contributed by atoms with Gasteiger partial charge in [0, 0.05) is 6.04 Å². The van der Waals surface area contributed by atoms with Crippen LogP contribution in [0.4, 0.5) is 0 Å². The van der Waals surface area contributed by atoms with Gasteiger partial charge in [0.1, 0.15) is 0 Å². The molecule has 1 saturated carbocycles. The second-order valence-electron chi connectivity index (χ2n) is 6.14. The predicted octanol–water partition coefficient (Wildman–Crippen LogP) is 1.78. The molecule has 1 aliphatic heterocycles. The Bertz CT molecular complexity index is 209. The fourth-order valence-electron chi connectivity index (χ4n) is 3.31. The number of hydrogen-bond acceptors (Lipinski definition) is 2. The van der Waals surface area contributed by atoms with Gasteiger partial charge in [0.15, 0.2) is 0 Å². The first kappa shape index (κ1) is 10.4. The second kappa shape index (κ2) is 3.49. The number of rotatable bonds is 0. The Morgan fingerprint density at radius 3 is 2.57 bits per heavy atom. The quantitative estimate of drug-likeness (QED) is 0.620. The molecule has 2 fully saturated rings. The van der Waals surface area contributed by atoms with Gasteiger partial charge in [0.05, 0.1) is 6.10 Å². The summed E-state index contributed by atoms with van der Waals surface area (Å²) in [6, 6.07) is 0.653. The van der Waals surface area contributed by atoms with Crippen LogP contribution in [0.2, 0.25) is 0 Å². The van der Waals surface area contributed by atoms with Gasteiger partial charge in [0.25, 0.3) is 0 Å². The van der Waals surface area contributed by atoms with E-state index in [-0.39, 0.29) is 6.10 Å². The molecule has 0 aromatic heterocycles. The zero-order valence-electron chi connectivity index (χ0n) is 9.59. The Morgan fingerprint density at radius 1 is 1.21 bits per heavy atom. The average molecular weight is 197 g/mol. The molecular formula is C12H23NO. The van der Waals surface area contributed by atoms with Crippen molar-refractivity contribution in [1.82, 2.24) is 5.32 Å². The lowest BCUT2D eigenvalue weighted by Gasteiger charge is -2.37. The largest absolute Gasteiger partial charge is 0.393 e. The fourth-order valence-corrected chi connectivity index (χ4v) is 3.31. The first-order valence-electron chi connectivity index (χ1n) is 5.90. The number of hydrogen-bond donors (Lipinski definition) is 2. The second-order valence-corrected chi connectivity index (χ2v) is 6.14. The summed E-state index contributed by atoms with van der Waals surface area (Å²) < 4.78 is 0. The first-order valence-corrected chi connectivity index (χ1v) is 5.90. The maximum Gasteiger partial charge on any atom is 0.0543 e. The van der Waals surface area contributed by atoms with E-state index in [1.165, 1.54) is 6.42 Å². The smallest absolute Gasteiger partial charge is 0.0543 e. The molecule has 1 heterocycles. The Morgan fingerprint density at radius 2 is 1.93 bits per heavy atom. The van der Waals surface area contributed by atoms with Gasteiger partial charge in [0.2, 0.25) is 0 Å². The van der Waals surface area contributed by atoms with Crippen molar-refractivity contribution in [2.24, 2.45) is 17.3 Å². The van der Waals surface area contributed by atoms with E-state index >= 15 is 0 Å². The van der Waals surface area contributed by atoms with E-state index in [0.29, 0.717) is 11.5 Å². The van der Waals surface area contributed by atoms with Gasteiger partial charge in [-0.15, -0.1) is 0 Å². The Labute approximate surface area is 87.1 Å². The highest BCUT2D eigenvalue weighted by atomic mass is 16.3. The number of aliphatic hydroxyl groups is 1. The van der Waals surface area contributed by atoms with Crippen LogP contribution in [-0.2, 0) is 0 Å². The molecule has 1 saturated heterocycles. The summed E-state index contributed by atoms with van der Waals surface area (Å²) in [6.45, 7) is 8.07. The maximum absolute atomic E-state index is 9.62. The highest BCUT2D eigenvalue weighted by molar-refractivity contribution is 4.99. The van der Waals surface area contributed by atoms with Crippen LogP contribution < -0.4 is 5.32 Å². The van der Waals surface area contributed by atoms with Gasteiger partial charge in [-0.2, -0.15) is 0 Å². The molecule has 82 valence electrons. The van der Waals surface area contributed by atoms with E-state index in [1.54, 1.807) is 0 Å². The van der Waals surface area contributed by atoms with E-state index in [0.717, 1.165) is 31.2 Å². The van der Waals surface area contributed by atoms with Crippen LogP contribution in [0.1, 0.15) is 40.0 Å². The molecule has 0 bridgehead atoms. The molecule has 14 heavy (non-hydrogen) atoms. The molecular weight excluding hydrogens is 174 g/mol. The molecule has 2 N–H and O–H groups in total. The SMILES string of the molecule is CC(C)(C)C1NCC2CC(O)CCC21. The van der Waals surface area contributed by atoms with Gasteiger partial charge >= 0.3 is 0 Å². The predicted molar refractivity (Wildman–Crippen MR) is 58.1 cm³/mol. The van der Waals surface area contributed by atoms with Gasteiger partial charge in [-0.25, -0.2) is 0 Å². The zero-order chi connectivity index (χ0) is 10.3. The van der Waals surface area contributed by atoms with E-state index in [4.69, 9.17) is 0 Å². The summed E-state index contributed by atoms with van der Waals surface area (Å²) in [5.74, 6) is 1.53. The van der Waals surface area contributed by atoms with Gasteiger partial charge < -0.3 is 10.4 Å². The Balaban J connectivity index is 2.05. The molecule has 4 unspecified atom stereocenters. The highest BCUT2D eigenvalue weighted by Gasteiger charge is 2.44. The van der Waals surface area contributed by atoms with Crippen molar-refractivity contribution >= 4 is 0 Å². The third-order valence-electron chi connectivity index (χ3n) is 3.97. The number of aliphatic hydroxyl groups excluding tert-OH is 1. The van der Waals surface area contributed by atoms with E-state index < -0.39 is 0 Å². The molecule has 0 radical (unpaired) electrons. The number of nitrogens with one attached hydrogen (secondary N) is 1. The van der Waals surface area contributed by atoms with Gasteiger partial charge in [-0.1, -0.05) is 20.8 Å². The summed E-state index contributed by atoms with van der Waals surface area (Å²) in [6.07, 6.45) is 3.21. The minimum Gasteiger partial charge on any atom is -0.393 e. The summed E-state index contributed by atoms with van der Waals surface area (Å²) >= 11 is 0. The molecule has 0 aromatic rings. The van der Waals surface area contributed by atoms with Crippen LogP contribution in [0.15, 0.2) is 0 Å². The van der Waals surface area contributed by atoms with Crippen LogP contribution >= 0.6 is 0 Å². The van der Waals surface area contributed by atoms with E-state index in [9.17, 15) is 5.11 Å². The molecule has 0 amide bonds. The first-order chi connectivity index (χ1) is 6.48. The monoisotopic (exact) mass is 197 g/mol. The normalized spacial score (nSPS) is 43.7. The molecule has 0 aromatic carbocycles. The van der Waals surface area contributed by atoms with Crippen LogP contribution in [0.5, 0.6) is 0 Å². The van der Waals surface area contributed by atoms with Crippen LogP contribution in [0.3, 0.4) is 0 Å². The lowest BCUT2D eigenvalue weighted by atomic mass is 9.70. The van der Waals surface area contributed by atoms with Crippen LogP contribution in [0, 0.1) is 17.3 Å². The van der Waals surface area contributed by atoms with Crippen molar-refractivity contribution in [2.75, 3.05) is 6.54 Å². The number of fused-ring (bicyclic) bond motifs is 1. The van der Waals surface area contributed by atoms with Crippen molar-refractivity contribution in [3.63, 3.8) is 0 Å². The summed E-state index contributed by atoms with van der Waals surface area (Å²) in [4.78, 5) is 0. The highest BCUT2D eigenvalue weighted by Crippen LogP contribution is 2.41. The standard InChI is InChI=1S/C12H23NO/c1-12(2,3)11-10-5-4-9(14)6-8(10)7-13-11/h8-11,13-14H,4-7H2,1-3H3.